The molecule has 0 N–H and O–H groups in total. The van der Waals surface area contributed by atoms with Crippen LogP contribution in [-0.2, 0) is 4.79 Å². The lowest BCUT2D eigenvalue weighted by Crippen LogP contribution is -2.52. The van der Waals surface area contributed by atoms with Crippen LogP contribution in [0.15, 0.2) is 47.1 Å². The standard InChI is InChI=1S/C18H16N2O4/c21-16-12-6-1-2-7-13(12)20(18(23)15-9-5-11-24-15)17(22)14-8-3-4-10-19(14)16/h1-2,5-7,9,11,14H,3-4,8,10H2/t14-/m1/s1. The van der Waals surface area contributed by atoms with Gasteiger partial charge in [-0.1, -0.05) is 12.1 Å². The van der Waals surface area contributed by atoms with Crippen LogP contribution in [-0.4, -0.2) is 35.2 Å². The van der Waals surface area contributed by atoms with Crippen LogP contribution in [0.2, 0.25) is 0 Å². The summed E-state index contributed by atoms with van der Waals surface area (Å²) in [5.41, 5.74) is 0.693. The van der Waals surface area contributed by atoms with Crippen molar-refractivity contribution in [3.8, 4) is 0 Å². The maximum Gasteiger partial charge on any atom is 0.300 e. The molecule has 1 aromatic heterocycles. The quantitative estimate of drug-likeness (QED) is 0.756. The molecule has 0 saturated carbocycles. The number of anilines is 1. The van der Waals surface area contributed by atoms with Crippen molar-refractivity contribution >= 4 is 23.4 Å². The molecule has 2 aromatic rings. The zero-order chi connectivity index (χ0) is 16.7. The maximum absolute atomic E-state index is 13.1. The summed E-state index contributed by atoms with van der Waals surface area (Å²) in [6.07, 6.45) is 3.68. The maximum atomic E-state index is 13.1. The van der Waals surface area contributed by atoms with Crippen LogP contribution in [0.3, 0.4) is 0 Å². The predicted octanol–water partition coefficient (Wildman–Crippen LogP) is 2.46. The first-order chi connectivity index (χ1) is 11.7. The van der Waals surface area contributed by atoms with Crippen molar-refractivity contribution in [1.29, 1.82) is 0 Å². The molecule has 1 atom stereocenters. The second-order valence-corrected chi connectivity index (χ2v) is 5.98. The summed E-state index contributed by atoms with van der Waals surface area (Å²) in [5, 5.41) is 0. The number of benzene rings is 1. The van der Waals surface area contributed by atoms with Crippen LogP contribution < -0.4 is 4.90 Å². The van der Waals surface area contributed by atoms with Gasteiger partial charge in [-0.2, -0.15) is 0 Å². The molecule has 1 aromatic carbocycles. The summed E-state index contributed by atoms with van der Waals surface area (Å²) in [4.78, 5) is 41.5. The lowest BCUT2D eigenvalue weighted by molar-refractivity contribution is -0.123. The summed E-state index contributed by atoms with van der Waals surface area (Å²) in [7, 11) is 0. The normalized spacial score (nSPS) is 20.4. The Labute approximate surface area is 138 Å². The van der Waals surface area contributed by atoms with E-state index in [-0.39, 0.29) is 17.6 Å². The van der Waals surface area contributed by atoms with Crippen molar-refractivity contribution in [2.75, 3.05) is 11.4 Å². The first-order valence-corrected chi connectivity index (χ1v) is 8.00. The molecule has 4 rings (SSSR count). The van der Waals surface area contributed by atoms with Crippen molar-refractivity contribution in [2.24, 2.45) is 0 Å². The fourth-order valence-electron chi connectivity index (χ4n) is 3.42. The second kappa shape index (κ2) is 5.63. The number of carbonyl (C=O) groups is 3. The van der Waals surface area contributed by atoms with Crippen LogP contribution in [0.1, 0.15) is 40.2 Å². The highest BCUT2D eigenvalue weighted by atomic mass is 16.3. The zero-order valence-corrected chi connectivity index (χ0v) is 13.0. The Balaban J connectivity index is 1.87. The predicted molar refractivity (Wildman–Crippen MR) is 85.6 cm³/mol. The summed E-state index contributed by atoms with van der Waals surface area (Å²) in [6, 6.07) is 9.25. The number of hydrogen-bond acceptors (Lipinski definition) is 4. The van der Waals surface area contributed by atoms with E-state index in [0.29, 0.717) is 24.2 Å². The average molecular weight is 324 g/mol. The highest BCUT2D eigenvalue weighted by Gasteiger charge is 2.43. The van der Waals surface area contributed by atoms with Crippen molar-refractivity contribution in [1.82, 2.24) is 4.90 Å². The van der Waals surface area contributed by atoms with Gasteiger partial charge in [-0.3, -0.25) is 14.4 Å². The number of imide groups is 1. The molecule has 0 spiro atoms. The minimum Gasteiger partial charge on any atom is -0.459 e. The Kier molecular flexibility index (Phi) is 3.45. The molecule has 2 aliphatic rings. The van der Waals surface area contributed by atoms with Crippen molar-refractivity contribution in [2.45, 2.75) is 25.3 Å². The molecule has 24 heavy (non-hydrogen) atoms. The second-order valence-electron chi connectivity index (χ2n) is 5.98. The SMILES string of the molecule is O=C(c1ccco1)N1C(=O)[C@H]2CCCCN2C(=O)c2ccccc21. The van der Waals surface area contributed by atoms with Gasteiger partial charge >= 0.3 is 5.91 Å². The Morgan fingerprint density at radius 2 is 1.92 bits per heavy atom. The number of para-hydroxylation sites is 1. The number of fused-ring (bicyclic) bond motifs is 2. The lowest BCUT2D eigenvalue weighted by Gasteiger charge is -2.33. The van der Waals surface area contributed by atoms with Gasteiger partial charge in [0.1, 0.15) is 6.04 Å². The molecular weight excluding hydrogens is 308 g/mol. The fraction of sp³-hybridized carbons (Fsp3) is 0.278. The van der Waals surface area contributed by atoms with Gasteiger partial charge in [0.15, 0.2) is 5.76 Å². The van der Waals surface area contributed by atoms with Crippen LogP contribution in [0.5, 0.6) is 0 Å². The third kappa shape index (κ3) is 2.14. The fourth-order valence-corrected chi connectivity index (χ4v) is 3.42. The molecule has 6 heteroatoms. The van der Waals surface area contributed by atoms with Gasteiger partial charge in [-0.25, -0.2) is 4.90 Å². The first-order valence-electron chi connectivity index (χ1n) is 8.00. The van der Waals surface area contributed by atoms with Crippen LogP contribution in [0, 0.1) is 0 Å². The summed E-state index contributed by atoms with van der Waals surface area (Å²) >= 11 is 0. The zero-order valence-electron chi connectivity index (χ0n) is 13.0. The Morgan fingerprint density at radius 1 is 1.08 bits per heavy atom. The molecule has 122 valence electrons. The van der Waals surface area contributed by atoms with E-state index in [0.717, 1.165) is 17.7 Å². The van der Waals surface area contributed by atoms with Gasteiger partial charge in [0.2, 0.25) is 0 Å². The van der Waals surface area contributed by atoms with E-state index in [2.05, 4.69) is 0 Å². The lowest BCUT2D eigenvalue weighted by atomic mass is 10.0. The van der Waals surface area contributed by atoms with E-state index < -0.39 is 11.9 Å². The number of carbonyl (C=O) groups excluding carboxylic acids is 3. The molecule has 0 bridgehead atoms. The van der Waals surface area contributed by atoms with E-state index in [4.69, 9.17) is 4.42 Å². The van der Waals surface area contributed by atoms with Crippen molar-refractivity contribution in [3.05, 3.63) is 54.0 Å². The average Bonchev–Trinajstić information content (AvgIpc) is 3.13. The van der Waals surface area contributed by atoms with Gasteiger partial charge in [-0.05, 0) is 43.5 Å². The van der Waals surface area contributed by atoms with Gasteiger partial charge in [-0.15, -0.1) is 0 Å². The van der Waals surface area contributed by atoms with Crippen molar-refractivity contribution in [3.63, 3.8) is 0 Å². The Hall–Kier alpha value is -2.89. The van der Waals surface area contributed by atoms with Gasteiger partial charge in [0, 0.05) is 6.54 Å². The monoisotopic (exact) mass is 324 g/mol. The van der Waals surface area contributed by atoms with E-state index >= 15 is 0 Å². The third-order valence-electron chi connectivity index (χ3n) is 4.58. The summed E-state index contributed by atoms with van der Waals surface area (Å²) in [5.74, 6) is -1.03. The molecule has 3 amide bonds. The largest absolute Gasteiger partial charge is 0.459 e. The Morgan fingerprint density at radius 3 is 2.71 bits per heavy atom. The molecule has 0 radical (unpaired) electrons. The molecule has 0 unspecified atom stereocenters. The van der Waals surface area contributed by atoms with Crippen LogP contribution in [0.25, 0.3) is 0 Å². The van der Waals surface area contributed by atoms with Crippen LogP contribution >= 0.6 is 0 Å². The summed E-state index contributed by atoms with van der Waals surface area (Å²) in [6.45, 7) is 0.534. The molecule has 0 aliphatic carbocycles. The van der Waals surface area contributed by atoms with Gasteiger partial charge in [0.25, 0.3) is 11.8 Å². The minimum atomic E-state index is -0.599. The smallest absolute Gasteiger partial charge is 0.300 e. The Bertz CT molecular complexity index is 812. The number of rotatable bonds is 1. The topological polar surface area (TPSA) is 70.8 Å². The number of amides is 3. The molecule has 3 heterocycles. The van der Waals surface area contributed by atoms with E-state index in [1.807, 2.05) is 0 Å². The number of piperidine rings is 1. The van der Waals surface area contributed by atoms with E-state index in [1.165, 1.54) is 12.3 Å². The van der Waals surface area contributed by atoms with Gasteiger partial charge in [0.05, 0.1) is 17.5 Å². The van der Waals surface area contributed by atoms with Crippen molar-refractivity contribution < 1.29 is 18.8 Å². The highest BCUT2D eigenvalue weighted by molar-refractivity contribution is 6.25. The number of nitrogens with zero attached hydrogens (tertiary/aromatic N) is 2. The summed E-state index contributed by atoms with van der Waals surface area (Å²) < 4.78 is 5.17. The highest BCUT2D eigenvalue weighted by Crippen LogP contribution is 2.32. The first kappa shape index (κ1) is 14.7. The number of hydrogen-bond donors (Lipinski definition) is 0. The molecule has 1 saturated heterocycles. The van der Waals surface area contributed by atoms with E-state index in [9.17, 15) is 14.4 Å². The van der Waals surface area contributed by atoms with E-state index in [1.54, 1.807) is 35.2 Å². The molecule has 6 nitrogen and oxygen atoms in total. The molecule has 1 fully saturated rings. The number of furan rings is 1. The minimum absolute atomic E-state index is 0.0786. The molecular formula is C18H16N2O4. The van der Waals surface area contributed by atoms with Gasteiger partial charge < -0.3 is 9.32 Å². The molecule has 2 aliphatic heterocycles. The van der Waals surface area contributed by atoms with Crippen LogP contribution in [0.4, 0.5) is 5.69 Å². The third-order valence-corrected chi connectivity index (χ3v) is 4.58.